The molecule has 0 atom stereocenters. The molecule has 2 aliphatic rings. The topological polar surface area (TPSA) is 12.0 Å². The van der Waals surface area contributed by atoms with Crippen molar-refractivity contribution in [2.45, 2.75) is 12.8 Å². The van der Waals surface area contributed by atoms with Gasteiger partial charge in [0.2, 0.25) is 0 Å². The molecule has 1 heterocycles. The summed E-state index contributed by atoms with van der Waals surface area (Å²) in [5.41, 5.74) is 5.47. The zero-order valence-corrected chi connectivity index (χ0v) is 8.53. The molecule has 15 heavy (non-hydrogen) atoms. The molecule has 0 saturated heterocycles. The van der Waals surface area contributed by atoms with E-state index in [0.29, 0.717) is 0 Å². The summed E-state index contributed by atoms with van der Waals surface area (Å²) in [4.78, 5) is 0. The first kappa shape index (κ1) is 8.54. The van der Waals surface area contributed by atoms with Crippen LogP contribution >= 0.6 is 0 Å². The fraction of sp³-hybridized carbons (Fsp3) is 0.143. The molecule has 0 aromatic heterocycles. The Hall–Kier alpha value is -1.76. The Bertz CT molecular complexity index is 478. The highest BCUT2D eigenvalue weighted by Gasteiger charge is 2.13. The quantitative estimate of drug-likeness (QED) is 0.668. The zero-order valence-electron chi connectivity index (χ0n) is 8.53. The van der Waals surface area contributed by atoms with E-state index in [2.05, 4.69) is 54.0 Å². The van der Waals surface area contributed by atoms with Crippen LogP contribution in [0.5, 0.6) is 0 Å². The van der Waals surface area contributed by atoms with Gasteiger partial charge in [-0.05, 0) is 35.6 Å². The highest BCUT2D eigenvalue weighted by Crippen LogP contribution is 2.29. The summed E-state index contributed by atoms with van der Waals surface area (Å²) in [6.07, 6.45) is 10.8. The Labute approximate surface area is 89.8 Å². The van der Waals surface area contributed by atoms with E-state index in [9.17, 15) is 0 Å². The van der Waals surface area contributed by atoms with Gasteiger partial charge in [0.1, 0.15) is 0 Å². The van der Waals surface area contributed by atoms with Gasteiger partial charge >= 0.3 is 0 Å². The lowest BCUT2D eigenvalue weighted by atomic mass is 9.94. The molecule has 0 fully saturated rings. The van der Waals surface area contributed by atoms with E-state index in [4.69, 9.17) is 0 Å². The van der Waals surface area contributed by atoms with Crippen molar-refractivity contribution in [2.24, 2.45) is 0 Å². The van der Waals surface area contributed by atoms with Gasteiger partial charge in [0.05, 0.1) is 0 Å². The number of hydrogen-bond acceptors (Lipinski definition) is 1. The van der Waals surface area contributed by atoms with Crippen LogP contribution in [-0.2, 0) is 6.42 Å². The van der Waals surface area contributed by atoms with Crippen LogP contribution in [0.4, 0.5) is 5.69 Å². The van der Waals surface area contributed by atoms with Crippen LogP contribution < -0.4 is 5.32 Å². The largest absolute Gasteiger partial charge is 0.361 e. The normalized spacial score (nSPS) is 17.9. The van der Waals surface area contributed by atoms with Crippen molar-refractivity contribution in [3.8, 4) is 0 Å². The van der Waals surface area contributed by atoms with E-state index >= 15 is 0 Å². The lowest BCUT2D eigenvalue weighted by Crippen LogP contribution is -1.95. The molecule has 1 aliphatic carbocycles. The van der Waals surface area contributed by atoms with Crippen molar-refractivity contribution in [3.05, 3.63) is 65.4 Å². The molecule has 1 aromatic carbocycles. The van der Waals surface area contributed by atoms with Gasteiger partial charge < -0.3 is 5.32 Å². The minimum atomic E-state index is 1.04. The molecule has 0 radical (unpaired) electrons. The average Bonchev–Trinajstić information content (AvgIpc) is 2.48. The third-order valence-corrected chi connectivity index (χ3v) is 2.98. The molecule has 74 valence electrons. The zero-order chi connectivity index (χ0) is 10.1. The smallest absolute Gasteiger partial charge is 0.0415 e. The average molecular weight is 195 g/mol. The molecule has 0 amide bonds. The van der Waals surface area contributed by atoms with E-state index in [1.165, 1.54) is 22.4 Å². The van der Waals surface area contributed by atoms with Gasteiger partial charge in [0, 0.05) is 11.9 Å². The first-order chi connectivity index (χ1) is 7.43. The first-order valence-corrected chi connectivity index (χ1v) is 5.33. The Morgan fingerprint density at radius 2 is 2.00 bits per heavy atom. The summed E-state index contributed by atoms with van der Waals surface area (Å²) in [6.45, 7) is 0. The number of anilines is 1. The number of nitrogens with one attached hydrogen (secondary N) is 1. The molecule has 0 bridgehead atoms. The van der Waals surface area contributed by atoms with Gasteiger partial charge in [-0.3, -0.25) is 0 Å². The van der Waals surface area contributed by atoms with Crippen molar-refractivity contribution in [1.82, 2.24) is 0 Å². The minimum absolute atomic E-state index is 1.04. The highest BCUT2D eigenvalue weighted by atomic mass is 14.8. The molecule has 0 saturated carbocycles. The maximum absolute atomic E-state index is 3.39. The van der Waals surface area contributed by atoms with Gasteiger partial charge in [0.25, 0.3) is 0 Å². The number of fused-ring (bicyclic) bond motifs is 2. The lowest BCUT2D eigenvalue weighted by molar-refractivity contribution is 1.10. The number of hydrogen-bond donors (Lipinski definition) is 1. The van der Waals surface area contributed by atoms with Crippen LogP contribution in [0.25, 0.3) is 0 Å². The maximum atomic E-state index is 3.39. The molecular formula is C14H13N. The second kappa shape index (κ2) is 3.43. The van der Waals surface area contributed by atoms with Crippen LogP contribution in [0, 0.1) is 0 Å². The van der Waals surface area contributed by atoms with Gasteiger partial charge in [-0.15, -0.1) is 0 Å². The van der Waals surface area contributed by atoms with Gasteiger partial charge in [0.15, 0.2) is 0 Å². The van der Waals surface area contributed by atoms with Crippen molar-refractivity contribution >= 4 is 5.69 Å². The number of allylic oxidation sites excluding steroid dienone is 5. The molecular weight excluding hydrogens is 182 g/mol. The molecule has 0 unspecified atom stereocenters. The summed E-state index contributed by atoms with van der Waals surface area (Å²) in [6, 6.07) is 8.51. The highest BCUT2D eigenvalue weighted by molar-refractivity contribution is 5.60. The van der Waals surface area contributed by atoms with Gasteiger partial charge in [-0.2, -0.15) is 0 Å². The predicted molar refractivity (Wildman–Crippen MR) is 63.7 cm³/mol. The summed E-state index contributed by atoms with van der Waals surface area (Å²) < 4.78 is 0. The Balaban J connectivity index is 2.07. The van der Waals surface area contributed by atoms with E-state index in [1.54, 1.807) is 0 Å². The van der Waals surface area contributed by atoms with Crippen LogP contribution in [0.3, 0.4) is 0 Å². The molecule has 1 aromatic rings. The second-order valence-electron chi connectivity index (χ2n) is 3.97. The van der Waals surface area contributed by atoms with Crippen LogP contribution in [0.2, 0.25) is 0 Å². The van der Waals surface area contributed by atoms with Crippen LogP contribution in [0.1, 0.15) is 12.0 Å². The third kappa shape index (κ3) is 1.50. The van der Waals surface area contributed by atoms with Gasteiger partial charge in [-0.1, -0.05) is 36.4 Å². The van der Waals surface area contributed by atoms with E-state index in [1.807, 2.05) is 0 Å². The fourth-order valence-corrected chi connectivity index (χ4v) is 2.13. The summed E-state index contributed by atoms with van der Waals surface area (Å²) >= 11 is 0. The number of rotatable bonds is 0. The summed E-state index contributed by atoms with van der Waals surface area (Å²) in [5, 5.41) is 3.39. The SMILES string of the molecule is C1=CCC2=CNc3ccccc3CC2=C1. The van der Waals surface area contributed by atoms with Gasteiger partial charge in [-0.25, -0.2) is 0 Å². The number of benzene rings is 1. The monoisotopic (exact) mass is 195 g/mol. The van der Waals surface area contributed by atoms with Crippen molar-refractivity contribution in [3.63, 3.8) is 0 Å². The summed E-state index contributed by atoms with van der Waals surface area (Å²) in [7, 11) is 0. The summed E-state index contributed by atoms with van der Waals surface area (Å²) in [5.74, 6) is 0. The first-order valence-electron chi connectivity index (χ1n) is 5.33. The Kier molecular flexibility index (Phi) is 1.95. The third-order valence-electron chi connectivity index (χ3n) is 2.98. The molecule has 3 rings (SSSR count). The predicted octanol–water partition coefficient (Wildman–Crippen LogP) is 3.42. The van der Waals surface area contributed by atoms with E-state index < -0.39 is 0 Å². The fourth-order valence-electron chi connectivity index (χ4n) is 2.13. The van der Waals surface area contributed by atoms with Crippen molar-refractivity contribution < 1.29 is 0 Å². The van der Waals surface area contributed by atoms with Crippen LogP contribution in [0.15, 0.2) is 59.8 Å². The Morgan fingerprint density at radius 1 is 1.07 bits per heavy atom. The van der Waals surface area contributed by atoms with E-state index in [0.717, 1.165) is 12.8 Å². The standard InChI is InChI=1S/C14H13N/c1-2-7-13-10-15-14-8-4-3-6-12(14)9-11(13)5-1/h1-6,8,10,15H,7,9H2. The molecule has 1 heteroatoms. The maximum Gasteiger partial charge on any atom is 0.0415 e. The van der Waals surface area contributed by atoms with Crippen molar-refractivity contribution in [1.29, 1.82) is 0 Å². The van der Waals surface area contributed by atoms with Crippen molar-refractivity contribution in [2.75, 3.05) is 5.32 Å². The minimum Gasteiger partial charge on any atom is -0.361 e. The molecule has 1 nitrogen and oxygen atoms in total. The lowest BCUT2D eigenvalue weighted by Gasteiger charge is -2.10. The van der Waals surface area contributed by atoms with E-state index in [-0.39, 0.29) is 0 Å². The Morgan fingerprint density at radius 3 is 3.00 bits per heavy atom. The second-order valence-corrected chi connectivity index (χ2v) is 3.97. The molecule has 1 aliphatic heterocycles. The molecule has 1 N–H and O–H groups in total. The molecule has 0 spiro atoms. The number of para-hydroxylation sites is 1. The van der Waals surface area contributed by atoms with Crippen LogP contribution in [-0.4, -0.2) is 0 Å².